The zero-order valence-corrected chi connectivity index (χ0v) is 14.7. The minimum atomic E-state index is 0.0758. The van der Waals surface area contributed by atoms with E-state index in [9.17, 15) is 4.79 Å². The van der Waals surface area contributed by atoms with Gasteiger partial charge in [-0.2, -0.15) is 5.10 Å². The molecule has 25 heavy (non-hydrogen) atoms. The van der Waals surface area contributed by atoms with Crippen molar-refractivity contribution in [3.05, 3.63) is 47.3 Å². The highest BCUT2D eigenvalue weighted by molar-refractivity contribution is 5.97. The van der Waals surface area contributed by atoms with Crippen molar-refractivity contribution in [1.82, 2.24) is 15.1 Å². The van der Waals surface area contributed by atoms with E-state index in [0.717, 1.165) is 55.9 Å². The van der Waals surface area contributed by atoms with Crippen molar-refractivity contribution in [1.29, 1.82) is 0 Å². The number of nitrogens with zero attached hydrogens (tertiary/aromatic N) is 2. The van der Waals surface area contributed by atoms with E-state index in [-0.39, 0.29) is 12.0 Å². The number of hydrogen-bond donors (Lipinski definition) is 1. The molecule has 2 fully saturated rings. The lowest BCUT2D eigenvalue weighted by Gasteiger charge is -2.33. The van der Waals surface area contributed by atoms with Crippen LogP contribution < -0.4 is 4.74 Å². The molecule has 1 aliphatic heterocycles. The molecule has 1 saturated heterocycles. The van der Waals surface area contributed by atoms with Crippen LogP contribution in [0.25, 0.3) is 0 Å². The van der Waals surface area contributed by atoms with Crippen molar-refractivity contribution in [3.63, 3.8) is 0 Å². The van der Waals surface area contributed by atoms with Gasteiger partial charge in [0.1, 0.15) is 5.75 Å². The molecule has 132 valence electrons. The molecule has 2 aliphatic rings. The number of likely N-dealkylation sites (tertiary alicyclic amines) is 1. The summed E-state index contributed by atoms with van der Waals surface area (Å²) in [5.74, 6) is 1.11. The number of aromatic amines is 1. The largest absolute Gasteiger partial charge is 0.490 e. The number of ether oxygens (including phenoxy) is 1. The maximum absolute atomic E-state index is 13.1. The molecular formula is C20H25N3O2. The molecule has 1 N–H and O–H groups in total. The Balaban J connectivity index is 1.50. The van der Waals surface area contributed by atoms with Crippen LogP contribution in [-0.2, 0) is 0 Å². The van der Waals surface area contributed by atoms with Crippen LogP contribution in [0, 0.1) is 6.92 Å². The minimum absolute atomic E-state index is 0.0758. The molecule has 1 unspecified atom stereocenters. The third kappa shape index (κ3) is 3.41. The number of rotatable bonds is 4. The fourth-order valence-electron chi connectivity index (χ4n) is 3.64. The van der Waals surface area contributed by atoms with E-state index in [2.05, 4.69) is 16.3 Å². The van der Waals surface area contributed by atoms with Crippen molar-refractivity contribution >= 4 is 5.91 Å². The number of amides is 1. The molecule has 4 rings (SSSR count). The Hall–Kier alpha value is -2.30. The SMILES string of the molecule is Cc1cc(C2CCCN(C(=O)c3ccccc3OC3CCC3)C2)n[nH]1. The summed E-state index contributed by atoms with van der Waals surface area (Å²) >= 11 is 0. The number of nitrogens with one attached hydrogen (secondary N) is 1. The monoisotopic (exact) mass is 339 g/mol. The first kappa shape index (κ1) is 16.2. The van der Waals surface area contributed by atoms with Gasteiger partial charge in [0.25, 0.3) is 5.91 Å². The van der Waals surface area contributed by atoms with Gasteiger partial charge in [0.05, 0.1) is 17.4 Å². The van der Waals surface area contributed by atoms with E-state index >= 15 is 0 Å². The van der Waals surface area contributed by atoms with Crippen molar-refractivity contribution < 1.29 is 9.53 Å². The summed E-state index contributed by atoms with van der Waals surface area (Å²) in [5, 5.41) is 7.41. The lowest BCUT2D eigenvalue weighted by Crippen LogP contribution is -2.39. The molecule has 5 heteroatoms. The van der Waals surface area contributed by atoms with Gasteiger partial charge in [0.2, 0.25) is 0 Å². The molecule has 2 aromatic rings. The number of aryl methyl sites for hydroxylation is 1. The lowest BCUT2D eigenvalue weighted by atomic mass is 9.94. The predicted molar refractivity (Wildman–Crippen MR) is 95.9 cm³/mol. The van der Waals surface area contributed by atoms with E-state index in [1.165, 1.54) is 6.42 Å². The fraction of sp³-hybridized carbons (Fsp3) is 0.500. The number of aromatic nitrogens is 2. The highest BCUT2D eigenvalue weighted by atomic mass is 16.5. The van der Waals surface area contributed by atoms with Gasteiger partial charge >= 0.3 is 0 Å². The number of benzene rings is 1. The maximum Gasteiger partial charge on any atom is 0.257 e. The highest BCUT2D eigenvalue weighted by Gasteiger charge is 2.29. The number of hydrogen-bond acceptors (Lipinski definition) is 3. The average molecular weight is 339 g/mol. The number of carbonyl (C=O) groups excluding carboxylic acids is 1. The smallest absolute Gasteiger partial charge is 0.257 e. The first-order valence-corrected chi connectivity index (χ1v) is 9.27. The zero-order valence-electron chi connectivity index (χ0n) is 14.7. The van der Waals surface area contributed by atoms with Crippen molar-refractivity contribution in [2.24, 2.45) is 0 Å². The summed E-state index contributed by atoms with van der Waals surface area (Å²) in [6.45, 7) is 3.54. The minimum Gasteiger partial charge on any atom is -0.490 e. The van der Waals surface area contributed by atoms with Crippen LogP contribution in [0.1, 0.15) is 59.8 Å². The van der Waals surface area contributed by atoms with Gasteiger partial charge in [-0.25, -0.2) is 0 Å². The van der Waals surface area contributed by atoms with E-state index in [0.29, 0.717) is 11.5 Å². The summed E-state index contributed by atoms with van der Waals surface area (Å²) in [4.78, 5) is 15.1. The van der Waals surface area contributed by atoms with Gasteiger partial charge in [-0.3, -0.25) is 9.89 Å². The topological polar surface area (TPSA) is 58.2 Å². The summed E-state index contributed by atoms with van der Waals surface area (Å²) in [6.07, 6.45) is 5.76. The Labute approximate surface area is 148 Å². The summed E-state index contributed by atoms with van der Waals surface area (Å²) in [7, 11) is 0. The predicted octanol–water partition coefficient (Wildman–Crippen LogP) is 3.67. The van der Waals surface area contributed by atoms with Gasteiger partial charge in [0.15, 0.2) is 0 Å². The van der Waals surface area contributed by atoms with Gasteiger partial charge in [-0.1, -0.05) is 12.1 Å². The molecule has 1 saturated carbocycles. The van der Waals surface area contributed by atoms with Crippen molar-refractivity contribution in [2.45, 2.75) is 51.0 Å². The Morgan fingerprint density at radius 1 is 1.24 bits per heavy atom. The van der Waals surface area contributed by atoms with Gasteiger partial charge < -0.3 is 9.64 Å². The molecule has 5 nitrogen and oxygen atoms in total. The molecule has 1 aliphatic carbocycles. The first-order chi connectivity index (χ1) is 12.2. The molecule has 1 atom stereocenters. The third-order valence-electron chi connectivity index (χ3n) is 5.32. The molecule has 1 aromatic heterocycles. The highest BCUT2D eigenvalue weighted by Crippen LogP contribution is 2.31. The normalized spacial score (nSPS) is 21.0. The van der Waals surface area contributed by atoms with Gasteiger partial charge in [-0.05, 0) is 57.2 Å². The van der Waals surface area contributed by atoms with E-state index < -0.39 is 0 Å². The second-order valence-corrected chi connectivity index (χ2v) is 7.23. The van der Waals surface area contributed by atoms with Crippen LogP contribution in [0.4, 0.5) is 0 Å². The third-order valence-corrected chi connectivity index (χ3v) is 5.32. The van der Waals surface area contributed by atoms with Gasteiger partial charge in [-0.15, -0.1) is 0 Å². The quantitative estimate of drug-likeness (QED) is 0.924. The Morgan fingerprint density at radius 3 is 2.80 bits per heavy atom. The Morgan fingerprint density at radius 2 is 2.08 bits per heavy atom. The number of carbonyl (C=O) groups is 1. The maximum atomic E-state index is 13.1. The second kappa shape index (κ2) is 6.90. The zero-order chi connectivity index (χ0) is 17.2. The van der Waals surface area contributed by atoms with Crippen LogP contribution in [0.3, 0.4) is 0 Å². The molecular weight excluding hydrogens is 314 g/mol. The standard InChI is InChI=1S/C20H25N3O2/c1-14-12-18(22-21-14)15-6-5-11-23(13-15)20(24)17-9-2-3-10-19(17)25-16-7-4-8-16/h2-3,9-10,12,15-16H,4-8,11,13H2,1H3,(H,21,22). The van der Waals surface area contributed by atoms with Gasteiger partial charge in [0, 0.05) is 24.7 Å². The molecule has 0 spiro atoms. The summed E-state index contributed by atoms with van der Waals surface area (Å²) in [6, 6.07) is 9.75. The first-order valence-electron chi connectivity index (χ1n) is 9.27. The van der Waals surface area contributed by atoms with Crippen LogP contribution in [0.2, 0.25) is 0 Å². The van der Waals surface area contributed by atoms with Crippen molar-refractivity contribution in [2.75, 3.05) is 13.1 Å². The lowest BCUT2D eigenvalue weighted by molar-refractivity contribution is 0.0689. The van der Waals surface area contributed by atoms with Crippen LogP contribution in [0.5, 0.6) is 5.75 Å². The molecule has 2 heterocycles. The van der Waals surface area contributed by atoms with E-state index in [4.69, 9.17) is 4.74 Å². The Kier molecular flexibility index (Phi) is 4.47. The van der Waals surface area contributed by atoms with E-state index in [1.54, 1.807) is 0 Å². The summed E-state index contributed by atoms with van der Waals surface area (Å²) in [5.41, 5.74) is 2.82. The molecule has 1 aromatic carbocycles. The van der Waals surface area contributed by atoms with Crippen LogP contribution >= 0.6 is 0 Å². The average Bonchev–Trinajstić information content (AvgIpc) is 3.04. The Bertz CT molecular complexity index is 751. The van der Waals surface area contributed by atoms with Crippen LogP contribution in [0.15, 0.2) is 30.3 Å². The van der Waals surface area contributed by atoms with E-state index in [1.807, 2.05) is 36.1 Å². The summed E-state index contributed by atoms with van der Waals surface area (Å²) < 4.78 is 6.04. The molecule has 1 amide bonds. The number of para-hydroxylation sites is 1. The molecule has 0 radical (unpaired) electrons. The fourth-order valence-corrected chi connectivity index (χ4v) is 3.64. The molecule has 0 bridgehead atoms. The van der Waals surface area contributed by atoms with Crippen molar-refractivity contribution in [3.8, 4) is 5.75 Å². The second-order valence-electron chi connectivity index (χ2n) is 7.23. The number of piperidine rings is 1. The number of H-pyrrole nitrogens is 1. The van der Waals surface area contributed by atoms with Crippen LogP contribution in [-0.4, -0.2) is 40.2 Å².